The number of nitrogens with zero attached hydrogens (tertiary/aromatic N) is 1. The van der Waals surface area contributed by atoms with Gasteiger partial charge in [-0.25, -0.2) is 0 Å². The van der Waals surface area contributed by atoms with Crippen LogP contribution in [-0.2, 0) is 6.54 Å². The smallest absolute Gasteiger partial charge is 0.123 e. The Labute approximate surface area is 118 Å². The summed E-state index contributed by atoms with van der Waals surface area (Å²) in [5, 5.41) is 10.1. The predicted octanol–water partition coefficient (Wildman–Crippen LogP) is 4.09. The van der Waals surface area contributed by atoms with E-state index < -0.39 is 0 Å². The summed E-state index contributed by atoms with van der Waals surface area (Å²) >= 11 is 3.50. The van der Waals surface area contributed by atoms with E-state index in [4.69, 9.17) is 0 Å². The third-order valence-electron chi connectivity index (χ3n) is 3.72. The van der Waals surface area contributed by atoms with Gasteiger partial charge in [-0.15, -0.1) is 0 Å². The largest absolute Gasteiger partial charge is 0.507 e. The van der Waals surface area contributed by atoms with Crippen LogP contribution >= 0.6 is 15.9 Å². The highest BCUT2D eigenvalue weighted by Gasteiger charge is 2.26. The molecular formula is C15H22BrNO. The normalized spacial score (nSPS) is 20.0. The van der Waals surface area contributed by atoms with Gasteiger partial charge in [-0.05, 0) is 49.4 Å². The third-order valence-corrected chi connectivity index (χ3v) is 4.18. The molecule has 1 aromatic rings. The van der Waals surface area contributed by atoms with Gasteiger partial charge in [0.2, 0.25) is 0 Å². The second-order valence-corrected chi connectivity index (χ2v) is 7.12. The molecular weight excluding hydrogens is 290 g/mol. The number of aryl methyl sites for hydroxylation is 1. The Kier molecular flexibility index (Phi) is 4.02. The molecule has 0 aliphatic carbocycles. The fourth-order valence-electron chi connectivity index (χ4n) is 2.85. The lowest BCUT2D eigenvalue weighted by Gasteiger charge is -2.38. The van der Waals surface area contributed by atoms with E-state index in [-0.39, 0.29) is 0 Å². The van der Waals surface area contributed by atoms with Crippen LogP contribution < -0.4 is 0 Å². The highest BCUT2D eigenvalue weighted by Crippen LogP contribution is 2.32. The molecule has 0 spiro atoms. The van der Waals surface area contributed by atoms with E-state index in [1.165, 1.54) is 12.8 Å². The number of phenolic OH excluding ortho intramolecular Hbond substituents is 1. The van der Waals surface area contributed by atoms with E-state index in [0.717, 1.165) is 35.2 Å². The molecule has 1 aliphatic rings. The fraction of sp³-hybridized carbons (Fsp3) is 0.600. The van der Waals surface area contributed by atoms with E-state index in [0.29, 0.717) is 11.2 Å². The summed E-state index contributed by atoms with van der Waals surface area (Å²) in [5.74, 6) is 0.446. The summed E-state index contributed by atoms with van der Waals surface area (Å²) in [6.07, 6.45) is 2.55. The maximum Gasteiger partial charge on any atom is 0.123 e. The number of rotatable bonds is 2. The number of phenols is 1. The van der Waals surface area contributed by atoms with Crippen molar-refractivity contribution in [3.05, 3.63) is 27.7 Å². The van der Waals surface area contributed by atoms with E-state index >= 15 is 0 Å². The van der Waals surface area contributed by atoms with E-state index in [2.05, 4.69) is 34.7 Å². The van der Waals surface area contributed by atoms with Gasteiger partial charge in [0, 0.05) is 23.1 Å². The molecule has 1 saturated heterocycles. The van der Waals surface area contributed by atoms with Crippen LogP contribution in [0.5, 0.6) is 5.75 Å². The first-order valence-electron chi connectivity index (χ1n) is 6.58. The van der Waals surface area contributed by atoms with E-state index in [1.54, 1.807) is 0 Å². The van der Waals surface area contributed by atoms with Gasteiger partial charge in [0.05, 0.1) is 0 Å². The Balaban J connectivity index is 2.14. The molecule has 1 fully saturated rings. The van der Waals surface area contributed by atoms with Crippen molar-refractivity contribution in [1.29, 1.82) is 0 Å². The van der Waals surface area contributed by atoms with Crippen molar-refractivity contribution in [2.45, 2.75) is 40.2 Å². The number of piperidine rings is 1. The van der Waals surface area contributed by atoms with Gasteiger partial charge in [0.25, 0.3) is 0 Å². The summed E-state index contributed by atoms with van der Waals surface area (Å²) in [6, 6.07) is 3.99. The summed E-state index contributed by atoms with van der Waals surface area (Å²) in [5.41, 5.74) is 2.37. The lowest BCUT2D eigenvalue weighted by Crippen LogP contribution is -2.39. The molecule has 0 amide bonds. The molecule has 0 bridgehead atoms. The lowest BCUT2D eigenvalue weighted by atomic mass is 9.84. The Morgan fingerprint density at radius 3 is 2.78 bits per heavy atom. The molecule has 2 rings (SSSR count). The average molecular weight is 312 g/mol. The molecule has 1 aliphatic heterocycles. The van der Waals surface area contributed by atoms with Gasteiger partial charge in [0.15, 0.2) is 0 Å². The van der Waals surface area contributed by atoms with Crippen LogP contribution in [-0.4, -0.2) is 23.1 Å². The minimum atomic E-state index is 0.398. The molecule has 0 aromatic heterocycles. The average Bonchev–Trinajstić information content (AvgIpc) is 2.24. The Morgan fingerprint density at radius 1 is 1.39 bits per heavy atom. The van der Waals surface area contributed by atoms with Gasteiger partial charge in [0.1, 0.15) is 5.75 Å². The second-order valence-electron chi connectivity index (χ2n) is 6.21. The minimum absolute atomic E-state index is 0.398. The molecule has 18 heavy (non-hydrogen) atoms. The first-order chi connectivity index (χ1) is 8.37. The molecule has 0 saturated carbocycles. The lowest BCUT2D eigenvalue weighted by molar-refractivity contribution is 0.111. The monoisotopic (exact) mass is 311 g/mol. The number of aromatic hydroxyl groups is 1. The van der Waals surface area contributed by atoms with Crippen molar-refractivity contribution in [3.8, 4) is 5.75 Å². The van der Waals surface area contributed by atoms with Crippen molar-refractivity contribution in [2.75, 3.05) is 13.1 Å². The Morgan fingerprint density at radius 2 is 2.11 bits per heavy atom. The molecule has 3 heteroatoms. The Hall–Kier alpha value is -0.540. The van der Waals surface area contributed by atoms with Gasteiger partial charge in [-0.3, -0.25) is 4.90 Å². The third kappa shape index (κ3) is 3.27. The number of benzene rings is 1. The first kappa shape index (κ1) is 13.9. The zero-order valence-electron chi connectivity index (χ0n) is 11.5. The van der Waals surface area contributed by atoms with Crippen LogP contribution in [0.1, 0.15) is 37.8 Å². The van der Waals surface area contributed by atoms with Crippen molar-refractivity contribution < 1.29 is 5.11 Å². The molecule has 2 nitrogen and oxygen atoms in total. The number of hydrogen-bond acceptors (Lipinski definition) is 2. The molecule has 0 atom stereocenters. The zero-order valence-corrected chi connectivity index (χ0v) is 13.0. The maximum absolute atomic E-state index is 10.1. The van der Waals surface area contributed by atoms with Gasteiger partial charge in [-0.2, -0.15) is 0 Å². The van der Waals surface area contributed by atoms with Crippen molar-refractivity contribution in [1.82, 2.24) is 4.90 Å². The summed E-state index contributed by atoms with van der Waals surface area (Å²) in [7, 11) is 0. The summed E-state index contributed by atoms with van der Waals surface area (Å²) < 4.78 is 1.05. The standard InChI is InChI=1S/C15H22BrNO/c1-11-7-13(16)8-12(14(11)18)9-17-6-4-5-15(2,3)10-17/h7-8,18H,4-6,9-10H2,1-3H3. The van der Waals surface area contributed by atoms with E-state index in [9.17, 15) is 5.11 Å². The molecule has 1 aromatic carbocycles. The van der Waals surface area contributed by atoms with Crippen molar-refractivity contribution in [3.63, 3.8) is 0 Å². The fourth-order valence-corrected chi connectivity index (χ4v) is 3.47. The second kappa shape index (κ2) is 5.22. The molecule has 1 heterocycles. The summed E-state index contributed by atoms with van der Waals surface area (Å²) in [4.78, 5) is 2.45. The maximum atomic E-state index is 10.1. The summed E-state index contributed by atoms with van der Waals surface area (Å²) in [6.45, 7) is 9.68. The zero-order chi connectivity index (χ0) is 13.3. The molecule has 100 valence electrons. The first-order valence-corrected chi connectivity index (χ1v) is 7.37. The van der Waals surface area contributed by atoms with Gasteiger partial charge >= 0.3 is 0 Å². The number of hydrogen-bond donors (Lipinski definition) is 1. The van der Waals surface area contributed by atoms with Crippen molar-refractivity contribution >= 4 is 15.9 Å². The van der Waals surface area contributed by atoms with Crippen LogP contribution in [0.15, 0.2) is 16.6 Å². The number of likely N-dealkylation sites (tertiary alicyclic amines) is 1. The van der Waals surface area contributed by atoms with Gasteiger partial charge in [-0.1, -0.05) is 29.8 Å². The van der Waals surface area contributed by atoms with Crippen molar-refractivity contribution in [2.24, 2.45) is 5.41 Å². The van der Waals surface area contributed by atoms with E-state index in [1.807, 2.05) is 19.1 Å². The molecule has 1 N–H and O–H groups in total. The minimum Gasteiger partial charge on any atom is -0.507 e. The van der Waals surface area contributed by atoms with Crippen LogP contribution in [0.25, 0.3) is 0 Å². The van der Waals surface area contributed by atoms with Crippen LogP contribution in [0.2, 0.25) is 0 Å². The van der Waals surface area contributed by atoms with Crippen LogP contribution in [0.3, 0.4) is 0 Å². The highest BCUT2D eigenvalue weighted by molar-refractivity contribution is 9.10. The molecule has 0 unspecified atom stereocenters. The predicted molar refractivity (Wildman–Crippen MR) is 78.8 cm³/mol. The quantitative estimate of drug-likeness (QED) is 0.889. The number of halogens is 1. The molecule has 0 radical (unpaired) electrons. The SMILES string of the molecule is Cc1cc(Br)cc(CN2CCCC(C)(C)C2)c1O. The Bertz CT molecular complexity index is 442. The topological polar surface area (TPSA) is 23.5 Å². The van der Waals surface area contributed by atoms with Gasteiger partial charge < -0.3 is 5.11 Å². The van der Waals surface area contributed by atoms with Crippen LogP contribution in [0.4, 0.5) is 0 Å². The van der Waals surface area contributed by atoms with Crippen LogP contribution in [0, 0.1) is 12.3 Å². The highest BCUT2D eigenvalue weighted by atomic mass is 79.9.